The van der Waals surface area contributed by atoms with E-state index in [0.29, 0.717) is 47.7 Å². The molecule has 0 radical (unpaired) electrons. The molecule has 0 aliphatic rings. The molecule has 39 heavy (non-hydrogen) atoms. The van der Waals surface area contributed by atoms with Crippen LogP contribution in [-0.4, -0.2) is 40.6 Å². The molecular formula is C30H37N5O4. The van der Waals surface area contributed by atoms with Crippen molar-refractivity contribution < 1.29 is 14.3 Å². The van der Waals surface area contributed by atoms with Crippen LogP contribution in [0.25, 0.3) is 16.7 Å². The maximum absolute atomic E-state index is 13.6. The second-order valence-corrected chi connectivity index (χ2v) is 9.71. The number of carbonyl (C=O) groups excluding carboxylic acids is 1. The number of fused-ring (bicyclic) bond motifs is 2. The molecular weight excluding hydrogens is 494 g/mol. The molecule has 0 saturated heterocycles. The summed E-state index contributed by atoms with van der Waals surface area (Å²) in [5.41, 5.74) is 2.63. The number of ether oxygens (including phenoxy) is 2. The number of hydrogen-bond acceptors (Lipinski definition) is 6. The van der Waals surface area contributed by atoms with Gasteiger partial charge < -0.3 is 19.4 Å². The van der Waals surface area contributed by atoms with Gasteiger partial charge in [0.15, 0.2) is 11.5 Å². The Hall–Kier alpha value is -4.14. The number of benzene rings is 1. The lowest BCUT2D eigenvalue weighted by molar-refractivity contribution is 0.0950. The lowest BCUT2D eigenvalue weighted by atomic mass is 10.1. The molecule has 3 aromatic heterocycles. The normalized spacial score (nSPS) is 11.2. The first-order valence-electron chi connectivity index (χ1n) is 13.5. The molecule has 0 unspecified atom stereocenters. The topological polar surface area (TPSA) is 111 Å². The van der Waals surface area contributed by atoms with E-state index < -0.39 is 0 Å². The molecule has 0 aliphatic heterocycles. The second kappa shape index (κ2) is 12.6. The standard InChI is InChI=1S/C30H37N5O4/c1-5-6-7-8-9-15-32-29(36)22-19-23-28(33-27-20(2)11-10-16-35(27)30(23)37)34(26(22)31)17-14-21-12-13-24(38-3)25(18-21)39-4/h10-13,16,18-19,31H,5-9,14-15,17H2,1-4H3,(H,32,36). The number of amides is 1. The Morgan fingerprint density at radius 1 is 1.03 bits per heavy atom. The van der Waals surface area contributed by atoms with Crippen LogP contribution in [0.3, 0.4) is 0 Å². The number of hydrogen-bond donors (Lipinski definition) is 2. The molecule has 4 rings (SSSR count). The summed E-state index contributed by atoms with van der Waals surface area (Å²) in [5, 5.41) is 12.2. The zero-order valence-electron chi connectivity index (χ0n) is 23.2. The highest BCUT2D eigenvalue weighted by atomic mass is 16.5. The van der Waals surface area contributed by atoms with Crippen LogP contribution < -0.4 is 25.8 Å². The van der Waals surface area contributed by atoms with Crippen molar-refractivity contribution in [3.63, 3.8) is 0 Å². The Morgan fingerprint density at radius 3 is 2.54 bits per heavy atom. The predicted molar refractivity (Wildman–Crippen MR) is 152 cm³/mol. The van der Waals surface area contributed by atoms with Gasteiger partial charge in [-0.25, -0.2) is 4.98 Å². The van der Waals surface area contributed by atoms with Gasteiger partial charge in [0.1, 0.15) is 16.8 Å². The molecule has 0 fully saturated rings. The average Bonchev–Trinajstić information content (AvgIpc) is 2.94. The summed E-state index contributed by atoms with van der Waals surface area (Å²) >= 11 is 0. The van der Waals surface area contributed by atoms with E-state index in [4.69, 9.17) is 19.9 Å². The highest BCUT2D eigenvalue weighted by Gasteiger charge is 2.18. The van der Waals surface area contributed by atoms with Crippen molar-refractivity contribution in [2.24, 2.45) is 0 Å². The first-order chi connectivity index (χ1) is 18.9. The molecule has 0 saturated carbocycles. The third-order valence-electron chi connectivity index (χ3n) is 7.02. The number of aryl methyl sites for hydroxylation is 3. The van der Waals surface area contributed by atoms with Crippen LogP contribution in [0.1, 0.15) is 60.5 Å². The highest BCUT2D eigenvalue weighted by molar-refractivity contribution is 5.96. The van der Waals surface area contributed by atoms with Gasteiger partial charge in [0, 0.05) is 19.3 Å². The summed E-state index contributed by atoms with van der Waals surface area (Å²) in [5.74, 6) is 0.887. The van der Waals surface area contributed by atoms with Gasteiger partial charge in [-0.3, -0.25) is 19.4 Å². The predicted octanol–water partition coefficient (Wildman–Crippen LogP) is 4.40. The number of aromatic nitrogens is 3. The smallest absolute Gasteiger partial charge is 0.267 e. The van der Waals surface area contributed by atoms with Crippen molar-refractivity contribution in [3.8, 4) is 11.5 Å². The van der Waals surface area contributed by atoms with Crippen molar-refractivity contribution in [1.82, 2.24) is 19.3 Å². The number of methoxy groups -OCH3 is 2. The van der Waals surface area contributed by atoms with Crippen LogP contribution >= 0.6 is 0 Å². The van der Waals surface area contributed by atoms with Gasteiger partial charge in [0.2, 0.25) is 0 Å². The first kappa shape index (κ1) is 27.9. The summed E-state index contributed by atoms with van der Waals surface area (Å²) in [4.78, 5) is 31.6. The third kappa shape index (κ3) is 5.97. The molecule has 0 atom stereocenters. The zero-order valence-corrected chi connectivity index (χ0v) is 23.2. The van der Waals surface area contributed by atoms with Crippen LogP contribution in [0, 0.1) is 12.3 Å². The van der Waals surface area contributed by atoms with Crippen molar-refractivity contribution in [2.45, 2.75) is 58.9 Å². The molecule has 4 aromatic rings. The molecule has 0 spiro atoms. The SMILES string of the molecule is CCCCCCCNC(=O)c1cc2c(=O)n3cccc(C)c3nc2n(CCc2ccc(OC)c(OC)c2)c1=N. The summed E-state index contributed by atoms with van der Waals surface area (Å²) in [6.45, 7) is 4.93. The summed E-state index contributed by atoms with van der Waals surface area (Å²) < 4.78 is 13.9. The van der Waals surface area contributed by atoms with E-state index in [-0.39, 0.29) is 22.5 Å². The minimum atomic E-state index is -0.356. The van der Waals surface area contributed by atoms with E-state index in [9.17, 15) is 9.59 Å². The van der Waals surface area contributed by atoms with Gasteiger partial charge >= 0.3 is 0 Å². The number of carbonyl (C=O) groups is 1. The average molecular weight is 532 g/mol. The molecule has 9 heteroatoms. The van der Waals surface area contributed by atoms with Crippen molar-refractivity contribution >= 4 is 22.6 Å². The molecule has 206 valence electrons. The first-order valence-corrected chi connectivity index (χ1v) is 13.5. The van der Waals surface area contributed by atoms with E-state index >= 15 is 0 Å². The number of nitrogens with zero attached hydrogens (tertiary/aromatic N) is 3. The summed E-state index contributed by atoms with van der Waals surface area (Å²) in [6, 6.07) is 10.9. The molecule has 3 heterocycles. The maximum Gasteiger partial charge on any atom is 0.267 e. The van der Waals surface area contributed by atoms with Crippen LogP contribution in [0.5, 0.6) is 11.5 Å². The van der Waals surface area contributed by atoms with Gasteiger partial charge in [-0.2, -0.15) is 0 Å². The molecule has 0 aliphatic carbocycles. The number of pyridine rings is 2. The molecule has 2 N–H and O–H groups in total. The fourth-order valence-corrected chi connectivity index (χ4v) is 4.79. The number of unbranched alkanes of at least 4 members (excludes halogenated alkanes) is 4. The zero-order chi connectivity index (χ0) is 27.9. The fraction of sp³-hybridized carbons (Fsp3) is 0.400. The van der Waals surface area contributed by atoms with Crippen molar-refractivity contribution in [2.75, 3.05) is 20.8 Å². The van der Waals surface area contributed by atoms with E-state index in [0.717, 1.165) is 36.8 Å². The van der Waals surface area contributed by atoms with E-state index in [2.05, 4.69) is 12.2 Å². The fourth-order valence-electron chi connectivity index (χ4n) is 4.79. The van der Waals surface area contributed by atoms with Crippen molar-refractivity contribution in [3.05, 3.63) is 75.1 Å². The Balaban J connectivity index is 1.75. The van der Waals surface area contributed by atoms with Crippen LogP contribution in [0.4, 0.5) is 0 Å². The van der Waals surface area contributed by atoms with Gasteiger partial charge in [0.25, 0.3) is 11.5 Å². The van der Waals surface area contributed by atoms with E-state index in [1.807, 2.05) is 31.2 Å². The minimum Gasteiger partial charge on any atom is -0.493 e. The number of rotatable bonds is 12. The summed E-state index contributed by atoms with van der Waals surface area (Å²) in [6.07, 6.45) is 7.60. The van der Waals surface area contributed by atoms with Gasteiger partial charge in [-0.15, -0.1) is 0 Å². The summed E-state index contributed by atoms with van der Waals surface area (Å²) in [7, 11) is 3.17. The molecule has 1 aromatic carbocycles. The molecule has 1 amide bonds. The van der Waals surface area contributed by atoms with Crippen LogP contribution in [0.15, 0.2) is 47.4 Å². The Bertz CT molecular complexity index is 1610. The second-order valence-electron chi connectivity index (χ2n) is 9.71. The third-order valence-corrected chi connectivity index (χ3v) is 7.02. The largest absolute Gasteiger partial charge is 0.493 e. The van der Waals surface area contributed by atoms with E-state index in [1.165, 1.54) is 16.9 Å². The maximum atomic E-state index is 13.6. The van der Waals surface area contributed by atoms with Crippen LogP contribution in [0.2, 0.25) is 0 Å². The quantitative estimate of drug-likeness (QED) is 0.208. The Kier molecular flexibility index (Phi) is 9.01. The lowest BCUT2D eigenvalue weighted by Crippen LogP contribution is -2.35. The van der Waals surface area contributed by atoms with Crippen LogP contribution in [-0.2, 0) is 13.0 Å². The van der Waals surface area contributed by atoms with Gasteiger partial charge in [0.05, 0.1) is 25.2 Å². The van der Waals surface area contributed by atoms with E-state index in [1.54, 1.807) is 31.0 Å². The number of nitrogens with one attached hydrogen (secondary N) is 2. The Labute approximate surface area is 227 Å². The van der Waals surface area contributed by atoms with Crippen molar-refractivity contribution in [1.29, 1.82) is 5.41 Å². The van der Waals surface area contributed by atoms with Gasteiger partial charge in [-0.05, 0) is 55.2 Å². The monoisotopic (exact) mass is 531 g/mol. The van der Waals surface area contributed by atoms with Gasteiger partial charge in [-0.1, -0.05) is 44.7 Å². The highest BCUT2D eigenvalue weighted by Crippen LogP contribution is 2.28. The Morgan fingerprint density at radius 2 is 1.79 bits per heavy atom. The molecule has 9 nitrogen and oxygen atoms in total. The minimum absolute atomic E-state index is 0.0243. The lowest BCUT2D eigenvalue weighted by Gasteiger charge is -2.16. The molecule has 0 bridgehead atoms.